The second-order valence-electron chi connectivity index (χ2n) is 5.65. The molecule has 1 aromatic carbocycles. The summed E-state index contributed by atoms with van der Waals surface area (Å²) in [7, 11) is 0. The first kappa shape index (κ1) is 19.2. The average Bonchev–Trinajstić information content (AvgIpc) is 2.45. The quantitative estimate of drug-likeness (QED) is 0.492. The molecule has 2 rings (SSSR count). The van der Waals surface area contributed by atoms with Crippen molar-refractivity contribution in [3.8, 4) is 0 Å². The van der Waals surface area contributed by atoms with Crippen molar-refractivity contribution >= 4 is 29.4 Å². The molecule has 1 fully saturated rings. The Morgan fingerprint density at radius 1 is 1.20 bits per heavy atom. The average molecular weight is 375 g/mol. The van der Waals surface area contributed by atoms with Crippen LogP contribution in [0.15, 0.2) is 30.0 Å². The van der Waals surface area contributed by atoms with Crippen LogP contribution in [0.5, 0.6) is 0 Å². The lowest BCUT2D eigenvalue weighted by Crippen LogP contribution is -2.42. The zero-order chi connectivity index (χ0) is 18.8. The minimum Gasteiger partial charge on any atom is -0.419 e. The highest BCUT2D eigenvalue weighted by Crippen LogP contribution is 2.37. The number of alkyl halides is 3. The van der Waals surface area contributed by atoms with E-state index in [0.717, 1.165) is 12.3 Å². The third-order valence-corrected chi connectivity index (χ3v) is 3.83. The van der Waals surface area contributed by atoms with Crippen molar-refractivity contribution in [3.63, 3.8) is 0 Å². The Morgan fingerprint density at radius 3 is 2.32 bits per heavy atom. The van der Waals surface area contributed by atoms with Crippen LogP contribution in [0.3, 0.4) is 0 Å². The summed E-state index contributed by atoms with van der Waals surface area (Å²) in [5.74, 6) is -3.04. The molecule has 9 heteroatoms. The first-order chi connectivity index (χ1) is 11.5. The van der Waals surface area contributed by atoms with Crippen LogP contribution >= 0.6 is 11.8 Å². The molecule has 5 nitrogen and oxygen atoms in total. The molecular weight excluding hydrogens is 359 g/mol. The van der Waals surface area contributed by atoms with Gasteiger partial charge in [0.05, 0.1) is 11.3 Å². The lowest BCUT2D eigenvalue weighted by atomic mass is 10.1. The number of halogens is 3. The SMILES string of the molecule is CSCc1cccc(C(F)(F)F)c1NC=C1C(=O)OC(C)(C)OC1=O. The molecule has 1 heterocycles. The molecule has 0 saturated carbocycles. The number of rotatable bonds is 4. The van der Waals surface area contributed by atoms with Crippen molar-refractivity contribution in [2.45, 2.75) is 31.6 Å². The third-order valence-electron chi connectivity index (χ3n) is 3.23. The second-order valence-corrected chi connectivity index (χ2v) is 6.52. The minimum atomic E-state index is -4.59. The van der Waals surface area contributed by atoms with Crippen LogP contribution in [0.25, 0.3) is 0 Å². The van der Waals surface area contributed by atoms with Crippen LogP contribution in [-0.2, 0) is 31.0 Å². The number of para-hydroxylation sites is 1. The van der Waals surface area contributed by atoms with Gasteiger partial charge in [0.15, 0.2) is 5.57 Å². The van der Waals surface area contributed by atoms with Crippen LogP contribution in [0.4, 0.5) is 18.9 Å². The fourth-order valence-electron chi connectivity index (χ4n) is 2.21. The molecular formula is C16H16F3NO4S. The number of nitrogens with one attached hydrogen (secondary N) is 1. The van der Waals surface area contributed by atoms with Gasteiger partial charge in [-0.2, -0.15) is 24.9 Å². The fourth-order valence-corrected chi connectivity index (χ4v) is 2.76. The Kier molecular flexibility index (Phi) is 5.36. The maximum Gasteiger partial charge on any atom is 0.418 e. The highest BCUT2D eigenvalue weighted by molar-refractivity contribution is 7.97. The lowest BCUT2D eigenvalue weighted by Gasteiger charge is -2.29. The third kappa shape index (κ3) is 4.47. The smallest absolute Gasteiger partial charge is 0.418 e. The van der Waals surface area contributed by atoms with E-state index in [1.807, 2.05) is 0 Å². The fraction of sp³-hybridized carbons (Fsp3) is 0.375. The number of carbonyl (C=O) groups is 2. The molecule has 1 saturated heterocycles. The van der Waals surface area contributed by atoms with E-state index in [1.54, 1.807) is 6.26 Å². The number of esters is 2. The standard InChI is InChI=1S/C16H16F3NO4S/c1-15(2)23-13(21)10(14(22)24-15)7-20-12-9(8-25-3)5-4-6-11(12)16(17,18)19/h4-7,20H,8H2,1-3H3. The van der Waals surface area contributed by atoms with E-state index in [0.29, 0.717) is 11.3 Å². The molecule has 1 N–H and O–H groups in total. The number of carbonyl (C=O) groups excluding carboxylic acids is 2. The zero-order valence-electron chi connectivity index (χ0n) is 13.7. The van der Waals surface area contributed by atoms with E-state index < -0.39 is 35.0 Å². The topological polar surface area (TPSA) is 64.6 Å². The van der Waals surface area contributed by atoms with Crippen molar-refractivity contribution in [1.29, 1.82) is 0 Å². The van der Waals surface area contributed by atoms with Crippen molar-refractivity contribution < 1.29 is 32.2 Å². The summed E-state index contributed by atoms with van der Waals surface area (Å²) >= 11 is 1.34. The van der Waals surface area contributed by atoms with Gasteiger partial charge in [-0.1, -0.05) is 12.1 Å². The molecule has 0 aromatic heterocycles. The molecule has 0 aliphatic carbocycles. The molecule has 25 heavy (non-hydrogen) atoms. The Bertz CT molecular complexity index is 707. The highest BCUT2D eigenvalue weighted by Gasteiger charge is 2.39. The van der Waals surface area contributed by atoms with Gasteiger partial charge >= 0.3 is 18.1 Å². The van der Waals surface area contributed by atoms with Crippen LogP contribution < -0.4 is 5.32 Å². The molecule has 0 atom stereocenters. The lowest BCUT2D eigenvalue weighted by molar-refractivity contribution is -0.222. The molecule has 136 valence electrons. The summed E-state index contributed by atoms with van der Waals surface area (Å²) in [5, 5.41) is 2.43. The number of benzene rings is 1. The molecule has 0 unspecified atom stereocenters. The van der Waals surface area contributed by atoms with Gasteiger partial charge in [-0.25, -0.2) is 9.59 Å². The van der Waals surface area contributed by atoms with Crippen molar-refractivity contribution in [3.05, 3.63) is 41.1 Å². The van der Waals surface area contributed by atoms with Gasteiger partial charge in [0.25, 0.3) is 5.79 Å². The van der Waals surface area contributed by atoms with Crippen molar-refractivity contribution in [2.24, 2.45) is 0 Å². The molecule has 0 radical (unpaired) electrons. The Morgan fingerprint density at radius 2 is 1.80 bits per heavy atom. The van der Waals surface area contributed by atoms with Crippen LogP contribution in [-0.4, -0.2) is 24.0 Å². The Hall–Kier alpha value is -2.16. The van der Waals surface area contributed by atoms with E-state index in [1.165, 1.54) is 37.7 Å². The van der Waals surface area contributed by atoms with Crippen LogP contribution in [0.1, 0.15) is 25.0 Å². The van der Waals surface area contributed by atoms with Gasteiger partial charge in [-0.15, -0.1) is 0 Å². The van der Waals surface area contributed by atoms with E-state index in [4.69, 9.17) is 9.47 Å². The number of hydrogen-bond acceptors (Lipinski definition) is 6. The molecule has 0 amide bonds. The molecule has 0 bridgehead atoms. The number of anilines is 1. The molecule has 0 spiro atoms. The summed E-state index contributed by atoms with van der Waals surface area (Å²) in [4.78, 5) is 23.8. The second kappa shape index (κ2) is 6.99. The van der Waals surface area contributed by atoms with E-state index >= 15 is 0 Å². The van der Waals surface area contributed by atoms with Crippen molar-refractivity contribution in [1.82, 2.24) is 0 Å². The highest BCUT2D eigenvalue weighted by atomic mass is 32.2. The monoisotopic (exact) mass is 375 g/mol. The summed E-state index contributed by atoms with van der Waals surface area (Å²) in [6.07, 6.45) is -1.96. The maximum atomic E-state index is 13.2. The van der Waals surface area contributed by atoms with Gasteiger partial charge in [0, 0.05) is 25.8 Å². The molecule has 1 aliphatic rings. The minimum absolute atomic E-state index is 0.220. The number of hydrogen-bond donors (Lipinski definition) is 1. The number of cyclic esters (lactones) is 2. The summed E-state index contributed by atoms with van der Waals surface area (Å²) in [6.45, 7) is 2.76. The summed E-state index contributed by atoms with van der Waals surface area (Å²) < 4.78 is 49.5. The van der Waals surface area contributed by atoms with Crippen LogP contribution in [0, 0.1) is 0 Å². The summed E-state index contributed by atoms with van der Waals surface area (Å²) in [6, 6.07) is 3.76. The predicted molar refractivity (Wildman–Crippen MR) is 86.6 cm³/mol. The van der Waals surface area contributed by atoms with E-state index in [2.05, 4.69) is 5.32 Å². The normalized spacial score (nSPS) is 17.0. The van der Waals surface area contributed by atoms with E-state index in [-0.39, 0.29) is 5.69 Å². The van der Waals surface area contributed by atoms with Gasteiger partial charge in [0.1, 0.15) is 0 Å². The van der Waals surface area contributed by atoms with E-state index in [9.17, 15) is 22.8 Å². The molecule has 1 aromatic rings. The predicted octanol–water partition coefficient (Wildman–Crippen LogP) is 3.70. The largest absolute Gasteiger partial charge is 0.419 e. The first-order valence-corrected chi connectivity index (χ1v) is 8.56. The van der Waals surface area contributed by atoms with Gasteiger partial charge < -0.3 is 14.8 Å². The number of thioether (sulfide) groups is 1. The maximum absolute atomic E-state index is 13.2. The van der Waals surface area contributed by atoms with Crippen molar-refractivity contribution in [2.75, 3.05) is 11.6 Å². The van der Waals surface area contributed by atoms with Gasteiger partial charge in [0.2, 0.25) is 0 Å². The summed E-state index contributed by atoms with van der Waals surface area (Å²) in [5.41, 5.74) is -1.24. The zero-order valence-corrected chi connectivity index (χ0v) is 14.5. The van der Waals surface area contributed by atoms with Gasteiger partial charge in [-0.3, -0.25) is 0 Å². The Labute approximate surface area is 146 Å². The van der Waals surface area contributed by atoms with Gasteiger partial charge in [-0.05, 0) is 17.9 Å². The molecule has 1 aliphatic heterocycles. The first-order valence-electron chi connectivity index (χ1n) is 7.16. The number of ether oxygens (including phenoxy) is 2. The van der Waals surface area contributed by atoms with Crippen LogP contribution in [0.2, 0.25) is 0 Å². The Balaban J connectivity index is 2.39.